The molecule has 3 N–H and O–H groups in total. The normalized spacial score (nSPS) is 10.3. The average molecular weight is 296 g/mol. The first-order chi connectivity index (χ1) is 9.47. The third-order valence-electron chi connectivity index (χ3n) is 2.71. The van der Waals surface area contributed by atoms with Crippen LogP contribution in [0, 0.1) is 5.82 Å². The summed E-state index contributed by atoms with van der Waals surface area (Å²) in [6, 6.07) is 8.12. The standard InChI is InChI=1S/C14H11ClFNO3/c15-10-5-8(1-4-13(10)18)7-17-12-6-9(14(19)20)2-3-11(12)16/h1-6,17-18H,7H2,(H,19,20). The molecular formula is C14H11ClFNO3. The molecule has 2 aromatic carbocycles. The van der Waals surface area contributed by atoms with Gasteiger partial charge in [-0.25, -0.2) is 9.18 Å². The summed E-state index contributed by atoms with van der Waals surface area (Å²) in [5.74, 6) is -1.70. The molecule has 2 aromatic rings. The van der Waals surface area contributed by atoms with Crippen LogP contribution in [0.3, 0.4) is 0 Å². The summed E-state index contributed by atoms with van der Waals surface area (Å²) < 4.78 is 13.6. The molecule has 0 saturated carbocycles. The largest absolute Gasteiger partial charge is 0.506 e. The van der Waals surface area contributed by atoms with Crippen LogP contribution in [0.15, 0.2) is 36.4 Å². The molecule has 0 atom stereocenters. The van der Waals surface area contributed by atoms with Crippen molar-refractivity contribution in [3.05, 3.63) is 58.4 Å². The predicted molar refractivity (Wildman–Crippen MR) is 73.8 cm³/mol. The first kappa shape index (κ1) is 14.1. The third-order valence-corrected chi connectivity index (χ3v) is 3.01. The van der Waals surface area contributed by atoms with Crippen LogP contribution in [-0.4, -0.2) is 16.2 Å². The molecule has 0 bridgehead atoms. The highest BCUT2D eigenvalue weighted by molar-refractivity contribution is 6.32. The van der Waals surface area contributed by atoms with E-state index >= 15 is 0 Å². The molecule has 0 radical (unpaired) electrons. The summed E-state index contributed by atoms with van der Waals surface area (Å²) in [5, 5.41) is 21.1. The van der Waals surface area contributed by atoms with E-state index in [1.54, 1.807) is 12.1 Å². The molecule has 2 rings (SSSR count). The fraction of sp³-hybridized carbons (Fsp3) is 0.0714. The molecule has 4 nitrogen and oxygen atoms in total. The Kier molecular flexibility index (Phi) is 4.10. The maximum atomic E-state index is 13.6. The Hall–Kier alpha value is -2.27. The number of nitrogens with one attached hydrogen (secondary N) is 1. The highest BCUT2D eigenvalue weighted by Gasteiger charge is 2.08. The van der Waals surface area contributed by atoms with Gasteiger partial charge in [0, 0.05) is 6.54 Å². The molecule has 0 aromatic heterocycles. The number of anilines is 1. The molecule has 0 aliphatic heterocycles. The average Bonchev–Trinajstić information content (AvgIpc) is 2.41. The summed E-state index contributed by atoms with van der Waals surface area (Å²) in [7, 11) is 0. The second kappa shape index (κ2) is 5.79. The van der Waals surface area contributed by atoms with E-state index in [0.29, 0.717) is 0 Å². The minimum absolute atomic E-state index is 0.00219. The van der Waals surface area contributed by atoms with Crippen molar-refractivity contribution in [2.75, 3.05) is 5.32 Å². The van der Waals surface area contributed by atoms with Crippen molar-refractivity contribution in [2.45, 2.75) is 6.54 Å². The lowest BCUT2D eigenvalue weighted by Gasteiger charge is -2.09. The topological polar surface area (TPSA) is 69.6 Å². The molecule has 20 heavy (non-hydrogen) atoms. The van der Waals surface area contributed by atoms with Crippen LogP contribution in [0.5, 0.6) is 5.75 Å². The van der Waals surface area contributed by atoms with Gasteiger partial charge in [0.15, 0.2) is 0 Å². The number of aromatic carboxylic acids is 1. The number of benzene rings is 2. The summed E-state index contributed by atoms with van der Waals surface area (Å²) in [6.07, 6.45) is 0. The Labute approximate surface area is 119 Å². The van der Waals surface area contributed by atoms with Crippen LogP contribution in [0.4, 0.5) is 10.1 Å². The van der Waals surface area contributed by atoms with Gasteiger partial charge in [0.2, 0.25) is 0 Å². The maximum absolute atomic E-state index is 13.6. The number of carbonyl (C=O) groups is 1. The van der Waals surface area contributed by atoms with Gasteiger partial charge in [-0.2, -0.15) is 0 Å². The molecular weight excluding hydrogens is 285 g/mol. The lowest BCUT2D eigenvalue weighted by Crippen LogP contribution is -2.04. The first-order valence-corrected chi connectivity index (χ1v) is 6.09. The quantitative estimate of drug-likeness (QED) is 0.807. The zero-order chi connectivity index (χ0) is 14.7. The Balaban J connectivity index is 2.15. The highest BCUT2D eigenvalue weighted by atomic mass is 35.5. The van der Waals surface area contributed by atoms with Gasteiger partial charge in [-0.05, 0) is 35.9 Å². The van der Waals surface area contributed by atoms with E-state index in [1.165, 1.54) is 18.2 Å². The van der Waals surface area contributed by atoms with Crippen molar-refractivity contribution in [1.29, 1.82) is 0 Å². The van der Waals surface area contributed by atoms with E-state index in [0.717, 1.165) is 11.6 Å². The van der Waals surface area contributed by atoms with Gasteiger partial charge in [-0.1, -0.05) is 17.7 Å². The van der Waals surface area contributed by atoms with Crippen molar-refractivity contribution in [3.63, 3.8) is 0 Å². The van der Waals surface area contributed by atoms with Crippen LogP contribution in [0.25, 0.3) is 0 Å². The zero-order valence-corrected chi connectivity index (χ0v) is 11.0. The SMILES string of the molecule is O=C(O)c1ccc(F)c(NCc2ccc(O)c(Cl)c2)c1. The van der Waals surface area contributed by atoms with Crippen molar-refractivity contribution in [3.8, 4) is 5.75 Å². The van der Waals surface area contributed by atoms with Gasteiger partial charge in [0.25, 0.3) is 0 Å². The van der Waals surface area contributed by atoms with Crippen molar-refractivity contribution >= 4 is 23.3 Å². The molecule has 0 aliphatic rings. The summed E-state index contributed by atoms with van der Waals surface area (Å²) in [5.41, 5.74) is 0.819. The van der Waals surface area contributed by atoms with Gasteiger partial charge in [-0.15, -0.1) is 0 Å². The lowest BCUT2D eigenvalue weighted by molar-refractivity contribution is 0.0697. The maximum Gasteiger partial charge on any atom is 0.335 e. The molecule has 0 aliphatic carbocycles. The van der Waals surface area contributed by atoms with Crippen LogP contribution in [-0.2, 0) is 6.54 Å². The number of hydrogen-bond acceptors (Lipinski definition) is 3. The number of halogens is 2. The highest BCUT2D eigenvalue weighted by Crippen LogP contribution is 2.24. The van der Waals surface area contributed by atoms with Crippen LogP contribution in [0.2, 0.25) is 5.02 Å². The van der Waals surface area contributed by atoms with Crippen LogP contribution in [0.1, 0.15) is 15.9 Å². The summed E-state index contributed by atoms with van der Waals surface area (Å²) in [6.45, 7) is 0.250. The Bertz CT molecular complexity index is 661. The fourth-order valence-corrected chi connectivity index (χ4v) is 1.85. The Morgan fingerprint density at radius 1 is 1.25 bits per heavy atom. The minimum Gasteiger partial charge on any atom is -0.506 e. The molecule has 6 heteroatoms. The van der Waals surface area contributed by atoms with E-state index in [1.807, 2.05) is 0 Å². The number of carboxylic acids is 1. The predicted octanol–water partition coefficient (Wildman–Crippen LogP) is 3.50. The second-order valence-electron chi connectivity index (χ2n) is 4.14. The number of hydrogen-bond donors (Lipinski definition) is 3. The van der Waals surface area contributed by atoms with E-state index in [4.69, 9.17) is 16.7 Å². The van der Waals surface area contributed by atoms with Crippen LogP contribution >= 0.6 is 11.6 Å². The Morgan fingerprint density at radius 2 is 2.00 bits per heavy atom. The molecule has 0 fully saturated rings. The van der Waals surface area contributed by atoms with E-state index in [9.17, 15) is 14.3 Å². The lowest BCUT2D eigenvalue weighted by atomic mass is 10.1. The van der Waals surface area contributed by atoms with Gasteiger partial charge < -0.3 is 15.5 Å². The minimum atomic E-state index is -1.12. The second-order valence-corrected chi connectivity index (χ2v) is 4.55. The molecule has 0 saturated heterocycles. The molecule has 0 spiro atoms. The number of phenols is 1. The molecule has 0 unspecified atom stereocenters. The monoisotopic (exact) mass is 295 g/mol. The zero-order valence-electron chi connectivity index (χ0n) is 10.2. The van der Waals surface area contributed by atoms with Crippen LogP contribution < -0.4 is 5.32 Å². The summed E-state index contributed by atoms with van der Waals surface area (Å²) in [4.78, 5) is 10.8. The molecule has 0 amide bonds. The summed E-state index contributed by atoms with van der Waals surface area (Å²) >= 11 is 5.76. The van der Waals surface area contributed by atoms with Crippen molar-refractivity contribution in [1.82, 2.24) is 0 Å². The first-order valence-electron chi connectivity index (χ1n) is 5.71. The molecule has 104 valence electrons. The van der Waals surface area contributed by atoms with Gasteiger partial charge >= 0.3 is 5.97 Å². The number of phenolic OH excluding ortho intramolecular Hbond substituents is 1. The number of carboxylic acid groups (broad SMARTS) is 1. The van der Waals surface area contributed by atoms with E-state index < -0.39 is 11.8 Å². The number of aromatic hydroxyl groups is 1. The van der Waals surface area contributed by atoms with E-state index in [-0.39, 0.29) is 28.6 Å². The smallest absolute Gasteiger partial charge is 0.335 e. The van der Waals surface area contributed by atoms with Gasteiger partial charge in [-0.3, -0.25) is 0 Å². The van der Waals surface area contributed by atoms with Crippen molar-refractivity contribution in [2.24, 2.45) is 0 Å². The Morgan fingerprint density at radius 3 is 2.65 bits per heavy atom. The third kappa shape index (κ3) is 3.19. The van der Waals surface area contributed by atoms with E-state index in [2.05, 4.69) is 5.32 Å². The molecule has 0 heterocycles. The number of rotatable bonds is 4. The van der Waals surface area contributed by atoms with Crippen molar-refractivity contribution < 1.29 is 19.4 Å². The van der Waals surface area contributed by atoms with Gasteiger partial charge in [0.05, 0.1) is 16.3 Å². The van der Waals surface area contributed by atoms with Gasteiger partial charge in [0.1, 0.15) is 11.6 Å². The fourth-order valence-electron chi connectivity index (χ4n) is 1.65.